The Morgan fingerprint density at radius 3 is 2.32 bits per heavy atom. The van der Waals surface area contributed by atoms with E-state index in [9.17, 15) is 9.00 Å². The number of pyridine rings is 1. The van der Waals surface area contributed by atoms with Gasteiger partial charge in [-0.2, -0.15) is 0 Å². The Labute approximate surface area is 241 Å². The van der Waals surface area contributed by atoms with Crippen molar-refractivity contribution in [1.82, 2.24) is 10.1 Å². The Morgan fingerprint density at radius 1 is 0.951 bits per heavy atom. The first-order valence-corrected chi connectivity index (χ1v) is 14.7. The average molecular weight is 564 g/mol. The normalized spacial score (nSPS) is 14.3. The highest BCUT2D eigenvalue weighted by atomic mass is 32.2. The van der Waals surface area contributed by atoms with E-state index in [1.165, 1.54) is 0 Å². The van der Waals surface area contributed by atoms with Crippen molar-refractivity contribution in [3.05, 3.63) is 115 Å². The number of benzene rings is 3. The van der Waals surface area contributed by atoms with Gasteiger partial charge in [0.2, 0.25) is 0 Å². The van der Waals surface area contributed by atoms with Gasteiger partial charge < -0.3 is 9.26 Å². The predicted octanol–water partition coefficient (Wildman–Crippen LogP) is 7.17. The zero-order valence-electron chi connectivity index (χ0n) is 22.8. The summed E-state index contributed by atoms with van der Waals surface area (Å²) in [6.07, 6.45) is 3.10. The van der Waals surface area contributed by atoms with Crippen LogP contribution in [0.3, 0.4) is 0 Å². The number of anilines is 2. The third kappa shape index (κ3) is 4.95. The standard InChI is InChI=1S/C33H29N3O4S/c1-3-39-32(37)33(19-20-33)25-17-18-27(24-12-6-4-7-13-24)28(22-25)31-30(23(2)35-40-31)36(29-16-10-11-21-34-29)41(38)26-14-8-5-9-15-26/h4-18,21-22H,3,19-20H2,1-2H3. The number of carbonyl (C=O) groups is 1. The van der Waals surface area contributed by atoms with Crippen LogP contribution in [0.15, 0.2) is 113 Å². The number of carbonyl (C=O) groups excluding carboxylic acids is 1. The highest BCUT2D eigenvalue weighted by Crippen LogP contribution is 2.52. The monoisotopic (exact) mass is 563 g/mol. The fourth-order valence-electron chi connectivity index (χ4n) is 5.08. The minimum Gasteiger partial charge on any atom is -0.465 e. The maximum Gasteiger partial charge on any atom is 0.316 e. The second-order valence-corrected chi connectivity index (χ2v) is 11.3. The molecule has 206 valence electrons. The smallest absolute Gasteiger partial charge is 0.316 e. The summed E-state index contributed by atoms with van der Waals surface area (Å²) < 4.78 is 27.4. The fourth-order valence-corrected chi connectivity index (χ4v) is 6.34. The lowest BCUT2D eigenvalue weighted by molar-refractivity contribution is -0.146. The van der Waals surface area contributed by atoms with Gasteiger partial charge in [0.05, 0.1) is 16.9 Å². The van der Waals surface area contributed by atoms with Gasteiger partial charge >= 0.3 is 5.97 Å². The molecule has 0 spiro atoms. The number of rotatable bonds is 9. The van der Waals surface area contributed by atoms with E-state index in [1.807, 2.05) is 111 Å². The molecule has 1 unspecified atom stereocenters. The molecule has 1 fully saturated rings. The SMILES string of the molecule is CCOC(=O)C1(c2ccc(-c3ccccc3)c(-c3onc(C)c3N(c3ccccn3)S(=O)c3ccccc3)c2)CC1. The van der Waals surface area contributed by atoms with E-state index in [0.29, 0.717) is 34.5 Å². The minimum absolute atomic E-state index is 0.215. The van der Waals surface area contributed by atoms with Crippen LogP contribution in [-0.4, -0.2) is 26.9 Å². The molecule has 0 aliphatic heterocycles. The van der Waals surface area contributed by atoms with Gasteiger partial charge in [0, 0.05) is 11.8 Å². The molecule has 6 rings (SSSR count). The Kier molecular flexibility index (Phi) is 7.24. The molecular formula is C33H29N3O4S. The highest BCUT2D eigenvalue weighted by molar-refractivity contribution is 7.86. The fraction of sp³-hybridized carbons (Fsp3) is 0.182. The van der Waals surface area contributed by atoms with Crippen LogP contribution in [0.25, 0.3) is 22.5 Å². The van der Waals surface area contributed by atoms with Crippen molar-refractivity contribution < 1.29 is 18.3 Å². The summed E-state index contributed by atoms with van der Waals surface area (Å²) in [6, 6.07) is 30.7. The number of nitrogens with zero attached hydrogens (tertiary/aromatic N) is 3. The number of esters is 1. The van der Waals surface area contributed by atoms with Crippen LogP contribution in [0.2, 0.25) is 0 Å². The van der Waals surface area contributed by atoms with Gasteiger partial charge in [-0.3, -0.25) is 4.79 Å². The molecule has 0 bridgehead atoms. The van der Waals surface area contributed by atoms with Crippen LogP contribution in [0.5, 0.6) is 0 Å². The predicted molar refractivity (Wildman–Crippen MR) is 159 cm³/mol. The first-order valence-electron chi connectivity index (χ1n) is 13.6. The summed E-state index contributed by atoms with van der Waals surface area (Å²) in [4.78, 5) is 18.2. The summed E-state index contributed by atoms with van der Waals surface area (Å²) >= 11 is 0. The molecule has 7 nitrogen and oxygen atoms in total. The average Bonchev–Trinajstić information content (AvgIpc) is 3.76. The van der Waals surface area contributed by atoms with Crippen LogP contribution in [0, 0.1) is 6.92 Å². The molecule has 5 aromatic rings. The highest BCUT2D eigenvalue weighted by Gasteiger charge is 2.53. The topological polar surface area (TPSA) is 85.5 Å². The third-order valence-corrected chi connectivity index (χ3v) is 8.70. The second kappa shape index (κ2) is 11.1. The summed E-state index contributed by atoms with van der Waals surface area (Å²) in [5.41, 5.74) is 3.90. The summed E-state index contributed by atoms with van der Waals surface area (Å²) in [6.45, 7) is 3.97. The van der Waals surface area contributed by atoms with Crippen molar-refractivity contribution >= 4 is 28.5 Å². The number of hydrogen-bond acceptors (Lipinski definition) is 6. The van der Waals surface area contributed by atoms with Gasteiger partial charge in [0.1, 0.15) is 17.2 Å². The van der Waals surface area contributed by atoms with Gasteiger partial charge in [0.15, 0.2) is 16.7 Å². The van der Waals surface area contributed by atoms with Crippen molar-refractivity contribution in [2.24, 2.45) is 0 Å². The molecule has 0 radical (unpaired) electrons. The quantitative estimate of drug-likeness (QED) is 0.177. The van der Waals surface area contributed by atoms with E-state index in [0.717, 1.165) is 35.1 Å². The molecule has 2 heterocycles. The lowest BCUT2D eigenvalue weighted by atomic mass is 9.89. The molecular weight excluding hydrogens is 534 g/mol. The minimum atomic E-state index is -1.67. The lowest BCUT2D eigenvalue weighted by Crippen LogP contribution is -2.23. The molecule has 2 aromatic heterocycles. The van der Waals surface area contributed by atoms with Crippen molar-refractivity contribution in [1.29, 1.82) is 0 Å². The van der Waals surface area contributed by atoms with Crippen LogP contribution >= 0.6 is 0 Å². The zero-order chi connectivity index (χ0) is 28.4. The van der Waals surface area contributed by atoms with Crippen LogP contribution < -0.4 is 4.31 Å². The second-order valence-electron chi connectivity index (χ2n) is 9.92. The van der Waals surface area contributed by atoms with Crippen molar-refractivity contribution in [2.45, 2.75) is 37.0 Å². The molecule has 1 aliphatic carbocycles. The number of hydrogen-bond donors (Lipinski definition) is 0. The zero-order valence-corrected chi connectivity index (χ0v) is 23.6. The van der Waals surface area contributed by atoms with Gasteiger partial charge in [-0.15, -0.1) is 0 Å². The van der Waals surface area contributed by atoms with Crippen LogP contribution in [0.4, 0.5) is 11.5 Å². The van der Waals surface area contributed by atoms with Gasteiger partial charge in [-0.05, 0) is 73.7 Å². The summed E-state index contributed by atoms with van der Waals surface area (Å²) in [5.74, 6) is 0.718. The Hall–Kier alpha value is -4.56. The maximum absolute atomic E-state index is 14.2. The van der Waals surface area contributed by atoms with Crippen LogP contribution in [-0.2, 0) is 25.9 Å². The van der Waals surface area contributed by atoms with E-state index in [1.54, 1.807) is 10.5 Å². The molecule has 1 aliphatic rings. The van der Waals surface area contributed by atoms with Crippen LogP contribution in [0.1, 0.15) is 31.0 Å². The molecule has 8 heteroatoms. The van der Waals surface area contributed by atoms with E-state index in [-0.39, 0.29) is 5.97 Å². The Balaban J connectivity index is 1.57. The third-order valence-electron chi connectivity index (χ3n) is 7.32. The molecule has 41 heavy (non-hydrogen) atoms. The molecule has 1 saturated carbocycles. The van der Waals surface area contributed by atoms with E-state index >= 15 is 0 Å². The maximum atomic E-state index is 14.2. The first kappa shape index (κ1) is 26.7. The van der Waals surface area contributed by atoms with Gasteiger partial charge in [-0.1, -0.05) is 71.9 Å². The largest absolute Gasteiger partial charge is 0.465 e. The summed E-state index contributed by atoms with van der Waals surface area (Å²) in [7, 11) is -1.67. The van der Waals surface area contributed by atoms with Crippen molar-refractivity contribution in [3.63, 3.8) is 0 Å². The van der Waals surface area contributed by atoms with E-state index in [2.05, 4.69) is 10.1 Å². The number of aryl methyl sites for hydroxylation is 1. The lowest BCUT2D eigenvalue weighted by Gasteiger charge is -2.23. The number of aromatic nitrogens is 2. The Bertz CT molecular complexity index is 1700. The molecule has 0 amide bonds. The van der Waals surface area contributed by atoms with E-state index < -0.39 is 16.4 Å². The number of ether oxygens (including phenoxy) is 1. The molecule has 0 saturated heterocycles. The van der Waals surface area contributed by atoms with E-state index in [4.69, 9.17) is 9.26 Å². The summed E-state index contributed by atoms with van der Waals surface area (Å²) in [5, 5.41) is 4.35. The van der Waals surface area contributed by atoms with Crippen molar-refractivity contribution in [3.8, 4) is 22.5 Å². The molecule has 1 atom stereocenters. The van der Waals surface area contributed by atoms with Gasteiger partial charge in [-0.25, -0.2) is 13.5 Å². The molecule has 3 aromatic carbocycles. The van der Waals surface area contributed by atoms with Gasteiger partial charge in [0.25, 0.3) is 0 Å². The first-order chi connectivity index (χ1) is 20.0. The molecule has 0 N–H and O–H groups in total. The van der Waals surface area contributed by atoms with Crippen molar-refractivity contribution in [2.75, 3.05) is 10.9 Å². The Morgan fingerprint density at radius 2 is 1.66 bits per heavy atom.